The summed E-state index contributed by atoms with van der Waals surface area (Å²) >= 11 is 0. The number of sulfonamides is 1. The van der Waals surface area contributed by atoms with Crippen molar-refractivity contribution in [3.63, 3.8) is 0 Å². The first kappa shape index (κ1) is 16.8. The first-order valence-electron chi connectivity index (χ1n) is 7.96. The van der Waals surface area contributed by atoms with E-state index >= 15 is 0 Å². The summed E-state index contributed by atoms with van der Waals surface area (Å²) in [5, 5.41) is 0. The highest BCUT2D eigenvalue weighted by Gasteiger charge is 2.29. The van der Waals surface area contributed by atoms with Gasteiger partial charge in [0.1, 0.15) is 12.7 Å². The second-order valence-electron chi connectivity index (χ2n) is 5.77. The SMILES string of the molecule is CCN(C[C@H]1COc2ccccc2O1)S(=O)(=O)c1ccc(C)cc1. The molecule has 0 unspecified atom stereocenters. The van der Waals surface area contributed by atoms with Crippen LogP contribution in [0.3, 0.4) is 0 Å². The van der Waals surface area contributed by atoms with Gasteiger partial charge < -0.3 is 9.47 Å². The Hall–Kier alpha value is -2.05. The number of ether oxygens (including phenoxy) is 2. The predicted octanol–water partition coefficient (Wildman–Crippen LogP) is 2.85. The lowest BCUT2D eigenvalue weighted by Gasteiger charge is -2.30. The molecule has 128 valence electrons. The fourth-order valence-corrected chi connectivity index (χ4v) is 4.12. The maximum absolute atomic E-state index is 12.8. The van der Waals surface area contributed by atoms with Gasteiger partial charge in [-0.2, -0.15) is 4.31 Å². The van der Waals surface area contributed by atoms with Gasteiger partial charge in [-0.25, -0.2) is 8.42 Å². The second kappa shape index (κ2) is 6.83. The highest BCUT2D eigenvalue weighted by molar-refractivity contribution is 7.89. The zero-order chi connectivity index (χ0) is 17.2. The van der Waals surface area contributed by atoms with Crippen LogP contribution in [-0.2, 0) is 10.0 Å². The summed E-state index contributed by atoms with van der Waals surface area (Å²) in [5.41, 5.74) is 1.03. The molecule has 2 aromatic carbocycles. The number of rotatable bonds is 5. The molecule has 6 heteroatoms. The Balaban J connectivity index is 1.76. The highest BCUT2D eigenvalue weighted by Crippen LogP contribution is 2.31. The molecule has 0 amide bonds. The van der Waals surface area contributed by atoms with Gasteiger partial charge in [-0.1, -0.05) is 36.8 Å². The fraction of sp³-hybridized carbons (Fsp3) is 0.333. The molecule has 3 rings (SSSR count). The van der Waals surface area contributed by atoms with Crippen LogP contribution >= 0.6 is 0 Å². The van der Waals surface area contributed by atoms with Gasteiger partial charge in [-0.3, -0.25) is 0 Å². The molecule has 2 aromatic rings. The zero-order valence-corrected chi connectivity index (χ0v) is 14.6. The molecule has 1 aliphatic rings. The number of benzene rings is 2. The van der Waals surface area contributed by atoms with Gasteiger partial charge in [0.15, 0.2) is 11.5 Å². The van der Waals surface area contributed by atoms with E-state index in [0.717, 1.165) is 5.56 Å². The van der Waals surface area contributed by atoms with Crippen LogP contribution in [0, 0.1) is 6.92 Å². The minimum absolute atomic E-state index is 0.251. The first-order valence-corrected chi connectivity index (χ1v) is 9.40. The van der Waals surface area contributed by atoms with Crippen LogP contribution in [0.5, 0.6) is 11.5 Å². The van der Waals surface area contributed by atoms with Crippen molar-refractivity contribution in [1.29, 1.82) is 0 Å². The summed E-state index contributed by atoms with van der Waals surface area (Å²) in [7, 11) is -3.55. The van der Waals surface area contributed by atoms with Crippen molar-refractivity contribution in [1.82, 2.24) is 4.31 Å². The smallest absolute Gasteiger partial charge is 0.243 e. The fourth-order valence-electron chi connectivity index (χ4n) is 2.64. The minimum atomic E-state index is -3.55. The van der Waals surface area contributed by atoms with Crippen molar-refractivity contribution in [3.8, 4) is 11.5 Å². The van der Waals surface area contributed by atoms with Gasteiger partial charge in [-0.05, 0) is 31.2 Å². The molecule has 1 aliphatic heterocycles. The number of aryl methyl sites for hydroxylation is 1. The van der Waals surface area contributed by atoms with Crippen LogP contribution in [0.25, 0.3) is 0 Å². The summed E-state index contributed by atoms with van der Waals surface area (Å²) in [5.74, 6) is 1.34. The molecule has 0 saturated carbocycles. The van der Waals surface area contributed by atoms with Crippen LogP contribution in [-0.4, -0.2) is 38.5 Å². The molecular formula is C18H21NO4S. The summed E-state index contributed by atoms with van der Waals surface area (Å²) in [6.45, 7) is 4.71. The lowest BCUT2D eigenvalue weighted by molar-refractivity contribution is 0.0771. The third kappa shape index (κ3) is 3.39. The van der Waals surface area contributed by atoms with Gasteiger partial charge in [0, 0.05) is 6.54 Å². The number of nitrogens with zero attached hydrogens (tertiary/aromatic N) is 1. The predicted molar refractivity (Wildman–Crippen MR) is 92.0 cm³/mol. The number of hydrogen-bond donors (Lipinski definition) is 0. The average Bonchev–Trinajstić information content (AvgIpc) is 2.59. The minimum Gasteiger partial charge on any atom is -0.486 e. The van der Waals surface area contributed by atoms with E-state index in [0.29, 0.717) is 29.5 Å². The van der Waals surface area contributed by atoms with Crippen molar-refractivity contribution < 1.29 is 17.9 Å². The van der Waals surface area contributed by atoms with Crippen molar-refractivity contribution in [2.75, 3.05) is 19.7 Å². The molecule has 0 saturated heterocycles. The summed E-state index contributed by atoms with van der Waals surface area (Å²) in [6, 6.07) is 14.3. The van der Waals surface area contributed by atoms with Gasteiger partial charge in [0.25, 0.3) is 0 Å². The molecule has 0 spiro atoms. The molecule has 0 bridgehead atoms. The number of fused-ring (bicyclic) bond motifs is 1. The molecule has 0 radical (unpaired) electrons. The molecular weight excluding hydrogens is 326 g/mol. The quantitative estimate of drug-likeness (QED) is 0.835. The Labute approximate surface area is 142 Å². The number of para-hydroxylation sites is 2. The summed E-state index contributed by atoms with van der Waals surface area (Å²) in [6.07, 6.45) is -0.333. The van der Waals surface area contributed by atoms with E-state index in [1.165, 1.54) is 4.31 Å². The monoisotopic (exact) mass is 347 g/mol. The Bertz CT molecular complexity index is 802. The van der Waals surface area contributed by atoms with Crippen molar-refractivity contribution in [3.05, 3.63) is 54.1 Å². The molecule has 0 aliphatic carbocycles. The Morgan fingerprint density at radius 2 is 1.75 bits per heavy atom. The second-order valence-corrected chi connectivity index (χ2v) is 7.70. The van der Waals surface area contributed by atoms with Crippen LogP contribution < -0.4 is 9.47 Å². The third-order valence-corrected chi connectivity index (χ3v) is 5.94. The maximum atomic E-state index is 12.8. The third-order valence-electron chi connectivity index (χ3n) is 3.99. The van der Waals surface area contributed by atoms with Gasteiger partial charge in [-0.15, -0.1) is 0 Å². The number of likely N-dealkylation sites (N-methyl/N-ethyl adjacent to an activating group) is 1. The maximum Gasteiger partial charge on any atom is 0.243 e. The molecule has 5 nitrogen and oxygen atoms in total. The molecule has 24 heavy (non-hydrogen) atoms. The summed E-state index contributed by atoms with van der Waals surface area (Å²) in [4.78, 5) is 0.298. The standard InChI is InChI=1S/C18H21NO4S/c1-3-19(24(20,21)16-10-8-14(2)9-11-16)12-15-13-22-17-6-4-5-7-18(17)23-15/h4-11,15H,3,12-13H2,1-2H3/t15-/m0/s1. The lowest BCUT2D eigenvalue weighted by Crippen LogP contribution is -2.43. The number of hydrogen-bond acceptors (Lipinski definition) is 4. The first-order chi connectivity index (χ1) is 11.5. The van der Waals surface area contributed by atoms with Gasteiger partial charge >= 0.3 is 0 Å². The summed E-state index contributed by atoms with van der Waals surface area (Å²) < 4.78 is 38.6. The van der Waals surface area contributed by atoms with E-state index < -0.39 is 10.0 Å². The molecule has 1 atom stereocenters. The van der Waals surface area contributed by atoms with Crippen LogP contribution in [0.4, 0.5) is 0 Å². The Morgan fingerprint density at radius 1 is 1.08 bits per heavy atom. The van der Waals surface area contributed by atoms with E-state index in [9.17, 15) is 8.42 Å². The Morgan fingerprint density at radius 3 is 2.42 bits per heavy atom. The largest absolute Gasteiger partial charge is 0.486 e. The van der Waals surface area contributed by atoms with Crippen molar-refractivity contribution >= 4 is 10.0 Å². The van der Waals surface area contributed by atoms with E-state index in [1.54, 1.807) is 24.3 Å². The van der Waals surface area contributed by atoms with E-state index in [1.807, 2.05) is 38.1 Å². The van der Waals surface area contributed by atoms with E-state index in [-0.39, 0.29) is 12.6 Å². The zero-order valence-electron chi connectivity index (χ0n) is 13.8. The van der Waals surface area contributed by atoms with E-state index in [2.05, 4.69) is 0 Å². The highest BCUT2D eigenvalue weighted by atomic mass is 32.2. The molecule has 0 aromatic heterocycles. The molecule has 1 heterocycles. The topological polar surface area (TPSA) is 55.8 Å². The van der Waals surface area contributed by atoms with Gasteiger partial charge in [0.2, 0.25) is 10.0 Å². The van der Waals surface area contributed by atoms with Crippen LogP contribution in [0.2, 0.25) is 0 Å². The van der Waals surface area contributed by atoms with Crippen molar-refractivity contribution in [2.24, 2.45) is 0 Å². The normalized spacial score (nSPS) is 17.0. The average molecular weight is 347 g/mol. The molecule has 0 fully saturated rings. The molecule has 0 N–H and O–H groups in total. The lowest BCUT2D eigenvalue weighted by atomic mass is 10.2. The van der Waals surface area contributed by atoms with Crippen LogP contribution in [0.1, 0.15) is 12.5 Å². The van der Waals surface area contributed by atoms with Gasteiger partial charge in [0.05, 0.1) is 11.4 Å². The Kier molecular flexibility index (Phi) is 4.78. The van der Waals surface area contributed by atoms with Crippen molar-refractivity contribution in [2.45, 2.75) is 24.8 Å². The van der Waals surface area contributed by atoms with Crippen LogP contribution in [0.15, 0.2) is 53.4 Å². The van der Waals surface area contributed by atoms with E-state index in [4.69, 9.17) is 9.47 Å².